The molecular formula is C14H22N2O4S. The van der Waals surface area contributed by atoms with Crippen LogP contribution in [0.15, 0.2) is 29.2 Å². The van der Waals surface area contributed by atoms with E-state index in [1.54, 1.807) is 24.3 Å². The van der Waals surface area contributed by atoms with E-state index in [4.69, 9.17) is 4.74 Å². The monoisotopic (exact) mass is 314 g/mol. The lowest BCUT2D eigenvalue weighted by Crippen LogP contribution is -2.44. The number of aryl methyl sites for hydroxylation is 1. The Morgan fingerprint density at radius 2 is 1.95 bits per heavy atom. The molecule has 0 aromatic heterocycles. The van der Waals surface area contributed by atoms with Crippen LogP contribution in [0, 0.1) is 6.92 Å². The quantitative estimate of drug-likeness (QED) is 0.797. The number of hydrogen-bond donors (Lipinski definition) is 2. The Hall–Kier alpha value is -0.990. The normalized spacial score (nSPS) is 26.4. The average Bonchev–Trinajstić information content (AvgIpc) is 2.78. The molecule has 7 heteroatoms. The van der Waals surface area contributed by atoms with Crippen molar-refractivity contribution in [2.45, 2.75) is 30.1 Å². The molecule has 0 saturated carbocycles. The van der Waals surface area contributed by atoms with Crippen LogP contribution in [-0.4, -0.2) is 63.9 Å². The highest BCUT2D eigenvalue weighted by Crippen LogP contribution is 2.18. The van der Waals surface area contributed by atoms with Gasteiger partial charge in [-0.1, -0.05) is 17.7 Å². The van der Waals surface area contributed by atoms with E-state index >= 15 is 0 Å². The molecule has 21 heavy (non-hydrogen) atoms. The third-order valence-corrected chi connectivity index (χ3v) is 5.16. The van der Waals surface area contributed by atoms with Crippen molar-refractivity contribution < 1.29 is 18.3 Å². The summed E-state index contributed by atoms with van der Waals surface area (Å²) in [5.74, 6) is 0. The van der Waals surface area contributed by atoms with Gasteiger partial charge in [-0.05, 0) is 33.2 Å². The van der Waals surface area contributed by atoms with Crippen LogP contribution in [-0.2, 0) is 14.8 Å². The molecule has 1 aliphatic heterocycles. The molecule has 3 atom stereocenters. The molecule has 2 N–H and O–H groups in total. The molecule has 0 amide bonds. The van der Waals surface area contributed by atoms with E-state index in [0.717, 1.165) is 5.56 Å². The number of likely N-dealkylation sites (N-methyl/N-ethyl adjacent to an activating group) is 1. The van der Waals surface area contributed by atoms with Gasteiger partial charge in [0.15, 0.2) is 0 Å². The van der Waals surface area contributed by atoms with Gasteiger partial charge in [0.25, 0.3) is 0 Å². The number of rotatable bonds is 5. The average molecular weight is 314 g/mol. The Balaban J connectivity index is 1.98. The van der Waals surface area contributed by atoms with Gasteiger partial charge in [0, 0.05) is 6.54 Å². The Bertz CT molecular complexity index is 571. The summed E-state index contributed by atoms with van der Waals surface area (Å²) in [5, 5.41) is 10.1. The van der Waals surface area contributed by atoms with E-state index in [2.05, 4.69) is 4.72 Å². The molecule has 0 unspecified atom stereocenters. The summed E-state index contributed by atoms with van der Waals surface area (Å²) in [6.45, 7) is 2.35. The minimum Gasteiger partial charge on any atom is -0.389 e. The third kappa shape index (κ3) is 3.81. The van der Waals surface area contributed by atoms with Crippen molar-refractivity contribution in [2.75, 3.05) is 27.2 Å². The molecule has 2 rings (SSSR count). The summed E-state index contributed by atoms with van der Waals surface area (Å²) in [7, 11) is 0.134. The van der Waals surface area contributed by atoms with Crippen molar-refractivity contribution in [3.63, 3.8) is 0 Å². The van der Waals surface area contributed by atoms with Gasteiger partial charge >= 0.3 is 0 Å². The second-order valence-corrected chi connectivity index (χ2v) is 7.33. The minimum absolute atomic E-state index is 0.0573. The summed E-state index contributed by atoms with van der Waals surface area (Å²) in [6, 6.07) is 6.51. The van der Waals surface area contributed by atoms with E-state index in [9.17, 15) is 13.5 Å². The van der Waals surface area contributed by atoms with Crippen LogP contribution in [0.4, 0.5) is 0 Å². The van der Waals surface area contributed by atoms with Crippen LogP contribution in [0.2, 0.25) is 0 Å². The zero-order valence-corrected chi connectivity index (χ0v) is 13.3. The van der Waals surface area contributed by atoms with E-state index in [1.807, 2.05) is 25.9 Å². The maximum Gasteiger partial charge on any atom is 0.240 e. The zero-order chi connectivity index (χ0) is 15.6. The van der Waals surface area contributed by atoms with Gasteiger partial charge in [-0.2, -0.15) is 0 Å². The molecule has 1 heterocycles. The van der Waals surface area contributed by atoms with Gasteiger partial charge in [-0.3, -0.25) is 0 Å². The fourth-order valence-corrected chi connectivity index (χ4v) is 3.34. The number of aliphatic hydroxyl groups excluding tert-OH is 1. The van der Waals surface area contributed by atoms with Crippen LogP contribution in [0.25, 0.3) is 0 Å². The second-order valence-electron chi connectivity index (χ2n) is 5.56. The molecule has 118 valence electrons. The smallest absolute Gasteiger partial charge is 0.240 e. The molecule has 1 fully saturated rings. The highest BCUT2D eigenvalue weighted by molar-refractivity contribution is 7.89. The van der Waals surface area contributed by atoms with E-state index in [0.29, 0.717) is 6.61 Å². The Morgan fingerprint density at radius 3 is 2.48 bits per heavy atom. The standard InChI is InChI=1S/C14H22N2O4S/c1-10-4-6-11(7-5-10)21(18,19)15-8-13-14(17)12(9-20-13)16(2)3/h4-7,12-15,17H,8-9H2,1-3H3/t12-,13-,14+/m1/s1. The molecule has 0 aliphatic carbocycles. The molecule has 1 aliphatic rings. The van der Waals surface area contributed by atoms with Crippen molar-refractivity contribution in [2.24, 2.45) is 0 Å². The van der Waals surface area contributed by atoms with Crippen LogP contribution in [0.5, 0.6) is 0 Å². The molecule has 0 radical (unpaired) electrons. The highest BCUT2D eigenvalue weighted by atomic mass is 32.2. The van der Waals surface area contributed by atoms with Crippen molar-refractivity contribution in [1.82, 2.24) is 9.62 Å². The van der Waals surface area contributed by atoms with Gasteiger partial charge in [0.2, 0.25) is 10.0 Å². The second kappa shape index (κ2) is 6.41. The number of benzene rings is 1. The largest absolute Gasteiger partial charge is 0.389 e. The number of aliphatic hydroxyl groups is 1. The molecule has 1 saturated heterocycles. The Morgan fingerprint density at radius 1 is 1.33 bits per heavy atom. The third-order valence-electron chi connectivity index (χ3n) is 3.73. The molecular weight excluding hydrogens is 292 g/mol. The lowest BCUT2D eigenvalue weighted by Gasteiger charge is -2.22. The highest BCUT2D eigenvalue weighted by Gasteiger charge is 2.37. The predicted octanol–water partition coefficient (Wildman–Crippen LogP) is -0.0368. The van der Waals surface area contributed by atoms with Crippen LogP contribution in [0.3, 0.4) is 0 Å². The van der Waals surface area contributed by atoms with Gasteiger partial charge in [0.1, 0.15) is 0 Å². The number of sulfonamides is 1. The van der Waals surface area contributed by atoms with E-state index < -0.39 is 22.2 Å². The van der Waals surface area contributed by atoms with Crippen molar-refractivity contribution >= 4 is 10.0 Å². The van der Waals surface area contributed by atoms with Crippen LogP contribution in [0.1, 0.15) is 5.56 Å². The first-order chi connectivity index (χ1) is 9.81. The topological polar surface area (TPSA) is 78.9 Å². The first-order valence-electron chi connectivity index (χ1n) is 6.83. The van der Waals surface area contributed by atoms with E-state index in [-0.39, 0.29) is 17.5 Å². The molecule has 0 bridgehead atoms. The van der Waals surface area contributed by atoms with Gasteiger partial charge < -0.3 is 14.7 Å². The fraction of sp³-hybridized carbons (Fsp3) is 0.571. The molecule has 6 nitrogen and oxygen atoms in total. The Labute approximate surface area is 125 Å². The van der Waals surface area contributed by atoms with E-state index in [1.165, 1.54) is 0 Å². The number of nitrogens with one attached hydrogen (secondary N) is 1. The maximum absolute atomic E-state index is 12.2. The molecule has 1 aromatic carbocycles. The molecule has 0 spiro atoms. The fourth-order valence-electron chi connectivity index (χ4n) is 2.29. The number of hydrogen-bond acceptors (Lipinski definition) is 5. The first kappa shape index (κ1) is 16.4. The van der Waals surface area contributed by atoms with Crippen molar-refractivity contribution in [3.8, 4) is 0 Å². The van der Waals surface area contributed by atoms with Gasteiger partial charge in [0.05, 0.1) is 29.8 Å². The Kier molecular flexibility index (Phi) is 5.00. The number of ether oxygens (including phenoxy) is 1. The van der Waals surface area contributed by atoms with Gasteiger partial charge in [-0.25, -0.2) is 13.1 Å². The van der Waals surface area contributed by atoms with Crippen molar-refractivity contribution in [3.05, 3.63) is 29.8 Å². The summed E-state index contributed by atoms with van der Waals surface area (Å²) in [5.41, 5.74) is 0.998. The predicted molar refractivity (Wildman–Crippen MR) is 79.6 cm³/mol. The molecule has 1 aromatic rings. The summed E-state index contributed by atoms with van der Waals surface area (Å²) in [6.07, 6.45) is -1.24. The van der Waals surface area contributed by atoms with Gasteiger partial charge in [-0.15, -0.1) is 0 Å². The summed E-state index contributed by atoms with van der Waals surface area (Å²) >= 11 is 0. The minimum atomic E-state index is -3.58. The summed E-state index contributed by atoms with van der Waals surface area (Å²) < 4.78 is 32.3. The lowest BCUT2D eigenvalue weighted by molar-refractivity contribution is 0.0401. The summed E-state index contributed by atoms with van der Waals surface area (Å²) in [4.78, 5) is 2.09. The first-order valence-corrected chi connectivity index (χ1v) is 8.32. The van der Waals surface area contributed by atoms with Crippen LogP contribution < -0.4 is 4.72 Å². The maximum atomic E-state index is 12.2. The SMILES string of the molecule is Cc1ccc(S(=O)(=O)NC[C@H]2OC[C@@H](N(C)C)[C@@H]2O)cc1. The zero-order valence-electron chi connectivity index (χ0n) is 12.5. The number of nitrogens with zero attached hydrogens (tertiary/aromatic N) is 1. The lowest BCUT2D eigenvalue weighted by atomic mass is 10.1. The van der Waals surface area contributed by atoms with Crippen molar-refractivity contribution in [1.29, 1.82) is 0 Å². The van der Waals surface area contributed by atoms with Crippen LogP contribution >= 0.6 is 0 Å².